The second-order valence-electron chi connectivity index (χ2n) is 3.80. The number of aromatic nitrogens is 2. The van der Waals surface area contributed by atoms with Gasteiger partial charge in [-0.2, -0.15) is 5.10 Å². The molecule has 80 valence electrons. The third kappa shape index (κ3) is 4.28. The summed E-state index contributed by atoms with van der Waals surface area (Å²) in [6.07, 6.45) is 3.75. The first-order valence-corrected chi connectivity index (χ1v) is 4.98. The molecule has 1 rings (SSSR count). The third-order valence-electron chi connectivity index (χ3n) is 1.73. The van der Waals surface area contributed by atoms with Crippen molar-refractivity contribution in [2.24, 2.45) is 13.0 Å². The average molecular weight is 197 g/mol. The van der Waals surface area contributed by atoms with E-state index in [2.05, 4.69) is 24.3 Å². The van der Waals surface area contributed by atoms with Gasteiger partial charge in [-0.1, -0.05) is 13.8 Å². The van der Waals surface area contributed by atoms with Crippen LogP contribution >= 0.6 is 0 Å². The van der Waals surface area contributed by atoms with Crippen LogP contribution in [0.5, 0.6) is 0 Å². The van der Waals surface area contributed by atoms with Crippen LogP contribution in [0, 0.1) is 5.92 Å². The molecule has 4 nitrogen and oxygen atoms in total. The first-order valence-electron chi connectivity index (χ1n) is 4.98. The van der Waals surface area contributed by atoms with Gasteiger partial charge in [0.15, 0.2) is 0 Å². The molecule has 0 bridgehead atoms. The molecule has 0 amide bonds. The van der Waals surface area contributed by atoms with Crippen LogP contribution in [0.3, 0.4) is 0 Å². The molecule has 0 aromatic carbocycles. The molecule has 4 heteroatoms. The van der Waals surface area contributed by atoms with E-state index in [4.69, 9.17) is 4.74 Å². The molecule has 1 aromatic rings. The van der Waals surface area contributed by atoms with E-state index in [1.807, 2.05) is 19.4 Å². The van der Waals surface area contributed by atoms with Crippen LogP contribution in [0.4, 0.5) is 5.69 Å². The van der Waals surface area contributed by atoms with Crippen molar-refractivity contribution in [1.29, 1.82) is 0 Å². The maximum Gasteiger partial charge on any atom is 0.0727 e. The molecule has 0 aliphatic rings. The minimum Gasteiger partial charge on any atom is -0.380 e. The second-order valence-corrected chi connectivity index (χ2v) is 3.80. The fraction of sp³-hybridized carbons (Fsp3) is 0.700. The number of hydrogen-bond donors (Lipinski definition) is 1. The summed E-state index contributed by atoms with van der Waals surface area (Å²) in [4.78, 5) is 0. The van der Waals surface area contributed by atoms with Crippen molar-refractivity contribution in [1.82, 2.24) is 9.78 Å². The van der Waals surface area contributed by atoms with Crippen molar-refractivity contribution in [3.63, 3.8) is 0 Å². The van der Waals surface area contributed by atoms with Gasteiger partial charge < -0.3 is 10.1 Å². The number of rotatable bonds is 6. The van der Waals surface area contributed by atoms with Crippen molar-refractivity contribution in [2.45, 2.75) is 13.8 Å². The highest BCUT2D eigenvalue weighted by Crippen LogP contribution is 2.02. The summed E-state index contributed by atoms with van der Waals surface area (Å²) in [5.41, 5.74) is 1.04. The Balaban J connectivity index is 2.04. The summed E-state index contributed by atoms with van der Waals surface area (Å²) in [5, 5.41) is 7.29. The summed E-state index contributed by atoms with van der Waals surface area (Å²) >= 11 is 0. The molecular formula is C10H19N3O. The Hall–Kier alpha value is -1.03. The van der Waals surface area contributed by atoms with E-state index >= 15 is 0 Å². The van der Waals surface area contributed by atoms with Crippen LogP contribution in [0.25, 0.3) is 0 Å². The summed E-state index contributed by atoms with van der Waals surface area (Å²) in [6.45, 7) is 6.70. The SMILES string of the molecule is CC(C)COCCNc1cnn(C)c1. The summed E-state index contributed by atoms with van der Waals surface area (Å²) in [5.74, 6) is 0.605. The van der Waals surface area contributed by atoms with E-state index in [9.17, 15) is 0 Å². The van der Waals surface area contributed by atoms with Crippen molar-refractivity contribution in [2.75, 3.05) is 25.1 Å². The Kier molecular flexibility index (Phi) is 4.46. The van der Waals surface area contributed by atoms with Crippen molar-refractivity contribution in [3.8, 4) is 0 Å². The zero-order chi connectivity index (χ0) is 10.4. The molecule has 0 fully saturated rings. The molecule has 0 saturated heterocycles. The summed E-state index contributed by atoms with van der Waals surface area (Å²) in [7, 11) is 1.90. The largest absolute Gasteiger partial charge is 0.380 e. The highest BCUT2D eigenvalue weighted by Gasteiger charge is 1.95. The number of anilines is 1. The van der Waals surface area contributed by atoms with E-state index in [0.717, 1.165) is 25.4 Å². The monoisotopic (exact) mass is 197 g/mol. The van der Waals surface area contributed by atoms with Gasteiger partial charge in [-0.05, 0) is 5.92 Å². The smallest absolute Gasteiger partial charge is 0.0727 e. The lowest BCUT2D eigenvalue weighted by atomic mass is 10.2. The van der Waals surface area contributed by atoms with Crippen LogP contribution in [0.15, 0.2) is 12.4 Å². The zero-order valence-electron chi connectivity index (χ0n) is 9.16. The highest BCUT2D eigenvalue weighted by molar-refractivity contribution is 5.37. The Labute approximate surface area is 85.3 Å². The first kappa shape index (κ1) is 11.0. The van der Waals surface area contributed by atoms with Gasteiger partial charge in [0, 0.05) is 26.4 Å². The van der Waals surface area contributed by atoms with Crippen LogP contribution in [-0.4, -0.2) is 29.5 Å². The number of aryl methyl sites for hydroxylation is 1. The zero-order valence-corrected chi connectivity index (χ0v) is 9.16. The molecule has 0 atom stereocenters. The maximum absolute atomic E-state index is 5.43. The van der Waals surface area contributed by atoms with Gasteiger partial charge in [-0.3, -0.25) is 4.68 Å². The molecule has 0 radical (unpaired) electrons. The normalized spacial score (nSPS) is 10.9. The van der Waals surface area contributed by atoms with E-state index in [0.29, 0.717) is 5.92 Å². The maximum atomic E-state index is 5.43. The highest BCUT2D eigenvalue weighted by atomic mass is 16.5. The quantitative estimate of drug-likeness (QED) is 0.702. The molecule has 1 heterocycles. The van der Waals surface area contributed by atoms with E-state index in [-0.39, 0.29) is 0 Å². The standard InChI is InChI=1S/C10H19N3O/c1-9(2)8-14-5-4-11-10-6-12-13(3)7-10/h6-7,9,11H,4-5,8H2,1-3H3. The van der Waals surface area contributed by atoms with Gasteiger partial charge in [0.05, 0.1) is 18.5 Å². The van der Waals surface area contributed by atoms with Crippen LogP contribution in [0.1, 0.15) is 13.8 Å². The molecular weight excluding hydrogens is 178 g/mol. The molecule has 0 saturated carbocycles. The molecule has 0 unspecified atom stereocenters. The van der Waals surface area contributed by atoms with Crippen LogP contribution in [-0.2, 0) is 11.8 Å². The van der Waals surface area contributed by atoms with Gasteiger partial charge in [-0.25, -0.2) is 0 Å². The molecule has 14 heavy (non-hydrogen) atoms. The fourth-order valence-corrected chi connectivity index (χ4v) is 1.10. The molecule has 0 aliphatic heterocycles. The minimum absolute atomic E-state index is 0.605. The lowest BCUT2D eigenvalue weighted by molar-refractivity contribution is 0.118. The molecule has 0 aliphatic carbocycles. The molecule has 0 spiro atoms. The second kappa shape index (κ2) is 5.65. The van der Waals surface area contributed by atoms with Gasteiger partial charge in [-0.15, -0.1) is 0 Å². The number of nitrogens with zero attached hydrogens (tertiary/aromatic N) is 2. The van der Waals surface area contributed by atoms with Gasteiger partial charge in [0.25, 0.3) is 0 Å². The lowest BCUT2D eigenvalue weighted by Crippen LogP contribution is -2.11. The first-order chi connectivity index (χ1) is 6.68. The van der Waals surface area contributed by atoms with E-state index in [1.165, 1.54) is 0 Å². The average Bonchev–Trinajstić information content (AvgIpc) is 2.50. The third-order valence-corrected chi connectivity index (χ3v) is 1.73. The summed E-state index contributed by atoms with van der Waals surface area (Å²) < 4.78 is 7.21. The Morgan fingerprint density at radius 1 is 1.57 bits per heavy atom. The Bertz CT molecular complexity index is 258. The van der Waals surface area contributed by atoms with E-state index in [1.54, 1.807) is 4.68 Å². The summed E-state index contributed by atoms with van der Waals surface area (Å²) in [6, 6.07) is 0. The van der Waals surface area contributed by atoms with Crippen molar-refractivity contribution >= 4 is 5.69 Å². The minimum atomic E-state index is 0.605. The van der Waals surface area contributed by atoms with Gasteiger partial charge in [0.1, 0.15) is 0 Å². The Morgan fingerprint density at radius 3 is 2.93 bits per heavy atom. The van der Waals surface area contributed by atoms with Crippen molar-refractivity contribution in [3.05, 3.63) is 12.4 Å². The predicted molar refractivity (Wildman–Crippen MR) is 57.4 cm³/mol. The Morgan fingerprint density at radius 2 is 2.36 bits per heavy atom. The van der Waals surface area contributed by atoms with E-state index < -0.39 is 0 Å². The topological polar surface area (TPSA) is 39.1 Å². The lowest BCUT2D eigenvalue weighted by Gasteiger charge is -2.07. The number of hydrogen-bond acceptors (Lipinski definition) is 3. The van der Waals surface area contributed by atoms with Crippen LogP contribution < -0.4 is 5.32 Å². The van der Waals surface area contributed by atoms with Gasteiger partial charge in [0.2, 0.25) is 0 Å². The fourth-order valence-electron chi connectivity index (χ4n) is 1.10. The van der Waals surface area contributed by atoms with Crippen LogP contribution in [0.2, 0.25) is 0 Å². The number of nitrogens with one attached hydrogen (secondary N) is 1. The number of ether oxygens (including phenoxy) is 1. The molecule has 1 N–H and O–H groups in total. The van der Waals surface area contributed by atoms with Gasteiger partial charge >= 0.3 is 0 Å². The predicted octanol–water partition coefficient (Wildman–Crippen LogP) is 1.50. The van der Waals surface area contributed by atoms with Crippen molar-refractivity contribution < 1.29 is 4.74 Å². The molecule has 1 aromatic heterocycles.